The molecule has 136 valence electrons. The first-order chi connectivity index (χ1) is 14.3. The van der Waals surface area contributed by atoms with Crippen molar-refractivity contribution in [1.29, 1.82) is 0 Å². The highest BCUT2D eigenvalue weighted by Gasteiger charge is 2.14. The van der Waals surface area contributed by atoms with Crippen LogP contribution < -0.4 is 0 Å². The van der Waals surface area contributed by atoms with Gasteiger partial charge in [0.25, 0.3) is 0 Å². The van der Waals surface area contributed by atoms with Crippen molar-refractivity contribution in [2.24, 2.45) is 0 Å². The van der Waals surface area contributed by atoms with Crippen LogP contribution in [0, 0.1) is 0 Å². The predicted octanol–water partition coefficient (Wildman–Crippen LogP) is 7.67. The number of hydrogen-bond donors (Lipinski definition) is 1. The van der Waals surface area contributed by atoms with E-state index in [0.717, 1.165) is 5.56 Å². The van der Waals surface area contributed by atoms with E-state index in [1.165, 1.54) is 48.7 Å². The quantitative estimate of drug-likeness (QED) is 0.232. The standard InChI is InChI=1S/C28H18O/c29-22-14-11-20(12-15-22)27-25-16-13-18-5-1-3-7-23(18)26(25)17-21-10-9-19-6-2-4-8-24(19)28(21)27/h1-17,29H. The topological polar surface area (TPSA) is 20.2 Å². The van der Waals surface area contributed by atoms with E-state index >= 15 is 0 Å². The Morgan fingerprint density at radius 2 is 1.07 bits per heavy atom. The Hall–Kier alpha value is -3.84. The predicted molar refractivity (Wildman–Crippen MR) is 124 cm³/mol. The molecular weight excluding hydrogens is 352 g/mol. The normalized spacial score (nSPS) is 11.6. The Morgan fingerprint density at radius 3 is 1.86 bits per heavy atom. The molecule has 0 amide bonds. The molecule has 0 fully saturated rings. The number of fused-ring (bicyclic) bond motifs is 6. The second kappa shape index (κ2) is 6.08. The molecule has 0 aliphatic rings. The maximum Gasteiger partial charge on any atom is 0.115 e. The van der Waals surface area contributed by atoms with Crippen LogP contribution in [0.5, 0.6) is 5.75 Å². The highest BCUT2D eigenvalue weighted by molar-refractivity contribution is 6.25. The lowest BCUT2D eigenvalue weighted by Gasteiger charge is -2.16. The molecule has 0 unspecified atom stereocenters. The van der Waals surface area contributed by atoms with Crippen molar-refractivity contribution in [3.05, 3.63) is 103 Å². The van der Waals surface area contributed by atoms with Gasteiger partial charge in [-0.05, 0) is 72.4 Å². The van der Waals surface area contributed by atoms with Gasteiger partial charge >= 0.3 is 0 Å². The molecule has 1 N–H and O–H groups in total. The average Bonchev–Trinajstić information content (AvgIpc) is 2.78. The number of phenolic OH excluding ortho intramolecular Hbond substituents is 1. The second-order valence-electron chi connectivity index (χ2n) is 7.57. The summed E-state index contributed by atoms with van der Waals surface area (Å²) in [6.45, 7) is 0. The Labute approximate surface area is 168 Å². The highest BCUT2D eigenvalue weighted by atomic mass is 16.3. The van der Waals surface area contributed by atoms with E-state index in [1.807, 2.05) is 12.1 Å². The van der Waals surface area contributed by atoms with E-state index in [1.54, 1.807) is 12.1 Å². The molecule has 0 aromatic heterocycles. The van der Waals surface area contributed by atoms with E-state index < -0.39 is 0 Å². The van der Waals surface area contributed by atoms with Crippen LogP contribution in [0.2, 0.25) is 0 Å². The zero-order chi connectivity index (χ0) is 19.4. The first-order valence-electron chi connectivity index (χ1n) is 9.85. The fourth-order valence-electron chi connectivity index (χ4n) is 4.57. The lowest BCUT2D eigenvalue weighted by Crippen LogP contribution is -1.88. The number of rotatable bonds is 1. The lowest BCUT2D eigenvalue weighted by molar-refractivity contribution is 0.475. The molecule has 29 heavy (non-hydrogen) atoms. The lowest BCUT2D eigenvalue weighted by atomic mass is 9.87. The van der Waals surface area contributed by atoms with Crippen LogP contribution in [0.15, 0.2) is 103 Å². The Balaban J connectivity index is 1.90. The number of hydrogen-bond acceptors (Lipinski definition) is 1. The molecule has 0 bridgehead atoms. The van der Waals surface area contributed by atoms with Gasteiger partial charge in [0.05, 0.1) is 0 Å². The van der Waals surface area contributed by atoms with Gasteiger partial charge in [0.2, 0.25) is 0 Å². The van der Waals surface area contributed by atoms with Gasteiger partial charge < -0.3 is 5.11 Å². The molecule has 0 aliphatic heterocycles. The minimum atomic E-state index is 0.286. The Kier molecular flexibility index (Phi) is 3.39. The van der Waals surface area contributed by atoms with Gasteiger partial charge in [-0.3, -0.25) is 0 Å². The van der Waals surface area contributed by atoms with Crippen LogP contribution in [0.3, 0.4) is 0 Å². The molecule has 1 heteroatoms. The third-order valence-electron chi connectivity index (χ3n) is 5.91. The van der Waals surface area contributed by atoms with Crippen molar-refractivity contribution < 1.29 is 5.11 Å². The molecule has 6 aromatic carbocycles. The summed E-state index contributed by atoms with van der Waals surface area (Å²) in [6.07, 6.45) is 0. The minimum absolute atomic E-state index is 0.286. The molecule has 6 aromatic rings. The number of aromatic hydroxyl groups is 1. The monoisotopic (exact) mass is 370 g/mol. The van der Waals surface area contributed by atoms with Gasteiger partial charge in [-0.15, -0.1) is 0 Å². The van der Waals surface area contributed by atoms with Crippen molar-refractivity contribution in [1.82, 2.24) is 0 Å². The second-order valence-corrected chi connectivity index (χ2v) is 7.57. The zero-order valence-corrected chi connectivity index (χ0v) is 15.8. The summed E-state index contributed by atoms with van der Waals surface area (Å²) < 4.78 is 0. The van der Waals surface area contributed by atoms with Crippen LogP contribution >= 0.6 is 0 Å². The summed E-state index contributed by atoms with van der Waals surface area (Å²) in [5.41, 5.74) is 2.34. The Bertz CT molecular complexity index is 1540. The van der Waals surface area contributed by atoms with Crippen molar-refractivity contribution in [3.63, 3.8) is 0 Å². The number of benzene rings is 6. The largest absolute Gasteiger partial charge is 0.508 e. The summed E-state index contributed by atoms with van der Waals surface area (Å²) in [4.78, 5) is 0. The van der Waals surface area contributed by atoms with Gasteiger partial charge in [-0.25, -0.2) is 0 Å². The molecule has 0 radical (unpaired) electrons. The van der Waals surface area contributed by atoms with Crippen LogP contribution in [0.1, 0.15) is 0 Å². The van der Waals surface area contributed by atoms with E-state index in [-0.39, 0.29) is 5.75 Å². The zero-order valence-electron chi connectivity index (χ0n) is 15.8. The fraction of sp³-hybridized carbons (Fsp3) is 0. The van der Waals surface area contributed by atoms with Crippen LogP contribution in [-0.4, -0.2) is 5.11 Å². The van der Waals surface area contributed by atoms with Gasteiger partial charge in [0.15, 0.2) is 0 Å². The van der Waals surface area contributed by atoms with Crippen molar-refractivity contribution >= 4 is 43.1 Å². The van der Waals surface area contributed by atoms with Crippen LogP contribution in [0.25, 0.3) is 54.2 Å². The molecule has 0 heterocycles. The van der Waals surface area contributed by atoms with Crippen molar-refractivity contribution in [2.45, 2.75) is 0 Å². The van der Waals surface area contributed by atoms with Gasteiger partial charge in [0, 0.05) is 0 Å². The molecule has 0 spiro atoms. The molecule has 1 nitrogen and oxygen atoms in total. The third-order valence-corrected chi connectivity index (χ3v) is 5.91. The van der Waals surface area contributed by atoms with E-state index in [9.17, 15) is 5.11 Å². The summed E-state index contributed by atoms with van der Waals surface area (Å²) >= 11 is 0. The van der Waals surface area contributed by atoms with E-state index in [2.05, 4.69) is 78.9 Å². The molecular formula is C28H18O. The average molecular weight is 370 g/mol. The van der Waals surface area contributed by atoms with Crippen molar-refractivity contribution in [2.75, 3.05) is 0 Å². The third kappa shape index (κ3) is 2.41. The van der Waals surface area contributed by atoms with Crippen molar-refractivity contribution in [3.8, 4) is 16.9 Å². The molecule has 6 rings (SSSR count). The molecule has 0 aliphatic carbocycles. The van der Waals surface area contributed by atoms with Gasteiger partial charge in [-0.2, -0.15) is 0 Å². The first kappa shape index (κ1) is 16.1. The molecule has 0 atom stereocenters. The van der Waals surface area contributed by atoms with E-state index in [4.69, 9.17) is 0 Å². The van der Waals surface area contributed by atoms with Gasteiger partial charge in [-0.1, -0.05) is 84.9 Å². The highest BCUT2D eigenvalue weighted by Crippen LogP contribution is 2.42. The maximum atomic E-state index is 9.84. The maximum absolute atomic E-state index is 9.84. The fourth-order valence-corrected chi connectivity index (χ4v) is 4.57. The van der Waals surface area contributed by atoms with E-state index in [0.29, 0.717) is 0 Å². The molecule has 0 saturated carbocycles. The minimum Gasteiger partial charge on any atom is -0.508 e. The SMILES string of the molecule is Oc1ccc(-c2c3ccc4ccccc4c3cc3ccc4ccccc4c23)cc1. The summed E-state index contributed by atoms with van der Waals surface area (Å²) in [5.74, 6) is 0.286. The smallest absolute Gasteiger partial charge is 0.115 e. The first-order valence-corrected chi connectivity index (χ1v) is 9.85. The van der Waals surface area contributed by atoms with Crippen LogP contribution in [-0.2, 0) is 0 Å². The summed E-state index contributed by atoms with van der Waals surface area (Å²) in [6, 6.07) is 35.9. The summed E-state index contributed by atoms with van der Waals surface area (Å²) in [7, 11) is 0. The Morgan fingerprint density at radius 1 is 0.448 bits per heavy atom. The number of phenols is 1. The molecule has 0 saturated heterocycles. The summed E-state index contributed by atoms with van der Waals surface area (Å²) in [5, 5.41) is 19.8. The van der Waals surface area contributed by atoms with Crippen LogP contribution in [0.4, 0.5) is 0 Å². The van der Waals surface area contributed by atoms with Gasteiger partial charge in [0.1, 0.15) is 5.75 Å².